The lowest BCUT2D eigenvalue weighted by molar-refractivity contribution is -0.414. The van der Waals surface area contributed by atoms with Crippen molar-refractivity contribution in [1.29, 1.82) is 0 Å². The predicted octanol–water partition coefficient (Wildman–Crippen LogP) is 40.3. The fraction of sp³-hybridized carbons (Fsp3) is 0.939. The zero-order chi connectivity index (χ0) is 119. The van der Waals surface area contributed by atoms with Gasteiger partial charge in [-0.3, -0.25) is 0 Å². The van der Waals surface area contributed by atoms with E-state index in [9.17, 15) is 316 Å². The van der Waals surface area contributed by atoms with E-state index >= 15 is 0 Å². The van der Waals surface area contributed by atoms with E-state index in [-0.39, 0.29) is 76.4 Å². The maximum Gasteiger partial charge on any atom is 0.387 e. The lowest BCUT2D eigenvalue weighted by Crippen LogP contribution is -2.70. The second kappa shape index (κ2) is 48.3. The monoisotopic (exact) mass is 3230 g/mol. The molecule has 0 nitrogen and oxygen atoms in total. The van der Waals surface area contributed by atoms with Crippen LogP contribution in [0.25, 0.3) is 0 Å². The zero-order valence-electron chi connectivity index (χ0n) is 68.7. The number of hydrogen-bond donors (Lipinski definition) is 0. The lowest BCUT2D eigenvalue weighted by atomic mass is 9.91. The van der Waals surface area contributed by atoms with Gasteiger partial charge >= 0.3 is 201 Å². The zero-order valence-corrected chi connectivity index (χ0v) is 85.9. The molecule has 0 saturated carbocycles. The molecule has 2 atom stereocenters. The van der Waals surface area contributed by atoms with Crippen LogP contribution in [0, 0.1) is 0 Å². The van der Waals surface area contributed by atoms with Crippen molar-refractivity contribution < 1.29 is 316 Å². The van der Waals surface area contributed by atoms with Gasteiger partial charge in [0.05, 0.1) is 0 Å². The van der Waals surface area contributed by atoms with Gasteiger partial charge in [0.25, 0.3) is 0 Å². The average molecular weight is 3230 g/mol. The molecule has 0 amide bonds. The van der Waals surface area contributed by atoms with E-state index in [1.807, 2.05) is 0 Å². The van der Waals surface area contributed by atoms with Crippen LogP contribution < -0.4 is 0 Å². The van der Waals surface area contributed by atoms with Gasteiger partial charge in [0.2, 0.25) is 0 Å². The van der Waals surface area contributed by atoms with Crippen molar-refractivity contribution in [2.75, 3.05) is 0 Å². The minimum absolute atomic E-state index is 0.0663. The third kappa shape index (κ3) is 29.1. The number of allylic oxidation sites excluding steroid dienone is 4. The largest absolute Gasteiger partial charge is 0.387 e. The molecule has 80 heteroatoms. The summed E-state index contributed by atoms with van der Waals surface area (Å²) in [7, 11) is 0. The molecule has 0 aromatic heterocycles. The first-order valence-corrected chi connectivity index (χ1v) is 46.2. The predicted molar refractivity (Wildman–Crippen MR) is 427 cm³/mol. The Morgan fingerprint density at radius 1 is 0.144 bits per heavy atom. The summed E-state index contributed by atoms with van der Waals surface area (Å²) in [5.74, 6) is -218. The molecule has 0 aliphatic carbocycles. The van der Waals surface area contributed by atoms with Gasteiger partial charge in [-0.1, -0.05) is 134 Å². The maximum absolute atomic E-state index is 14.1. The van der Waals surface area contributed by atoms with Crippen molar-refractivity contribution in [3.05, 3.63) is 24.3 Å². The summed E-state index contributed by atoms with van der Waals surface area (Å²) in [4.78, 5) is 0. The third-order valence-corrected chi connectivity index (χ3v) is 25.7. The molecule has 0 aliphatic heterocycles. The Morgan fingerprint density at radius 2 is 0.274 bits per heavy atom. The Balaban J connectivity index is -0.00000210. The molecule has 0 radical (unpaired) electrons. The van der Waals surface area contributed by atoms with E-state index < -0.39 is 447 Å². The van der Waals surface area contributed by atoms with Crippen LogP contribution in [-0.4, -0.2) is 209 Å². The molecular weight excluding hydrogens is 3180 g/mol. The molecule has 0 bridgehead atoms. The molecule has 0 aromatic carbocycles. The summed E-state index contributed by atoms with van der Waals surface area (Å²) < 4.78 is 927. The SMILES string of the molecule is FC(F)(I)C(F)(F)C(F)(F)C(F)(F)C(F)(F)C(F)(F)/C=C/CCCCCC/C=C/C(F)(F)C(F)(F)C(F)(F)C(F)(F)C(F)(F)C(F)(F)I.FC(F)(I)C(F)(F)C(F)(F)C(F)(F)C(F)(F)C(F)(F)CC(I)CCCCCCC(I)CC(F)(F)C(F)(F)C(F)(F)C(F)(F)C(F)(F)C(F)(F)I.FC(F)(I)C(F)(F)C(F)(F)C(F)(F)C(F)(F)C(F)(F)CCCCCCCCCCC(F)(F)C(F)(F)C(F)(F)C(F)(F)C(F)(F)C(F)(F)I. The van der Waals surface area contributed by atoms with Crippen LogP contribution in [0.1, 0.15) is 154 Å². The summed E-state index contributed by atoms with van der Waals surface area (Å²) >= 11 is -2.94. The lowest BCUT2D eigenvalue weighted by Gasteiger charge is -2.40. The fourth-order valence-electron chi connectivity index (χ4n) is 10.5. The van der Waals surface area contributed by atoms with Crippen molar-refractivity contribution in [1.82, 2.24) is 0 Å². The van der Waals surface area contributed by atoms with Gasteiger partial charge in [-0.2, -0.15) is 316 Å². The Morgan fingerprint density at radius 3 is 0.438 bits per heavy atom. The molecule has 0 spiro atoms. The molecule has 0 aromatic rings. The molecule has 878 valence electrons. The summed E-state index contributed by atoms with van der Waals surface area (Å²) in [5, 5.41) is 0. The van der Waals surface area contributed by atoms with Gasteiger partial charge in [0.1, 0.15) is 0 Å². The smallest absolute Gasteiger partial charge is 0.200 e. The second-order valence-electron chi connectivity index (χ2n) is 30.6. The van der Waals surface area contributed by atoms with Gasteiger partial charge in [0.15, 0.2) is 0 Å². The van der Waals surface area contributed by atoms with Gasteiger partial charge in [-0.25, -0.2) is 0 Å². The first kappa shape index (κ1) is 150. The first-order valence-electron chi connectivity index (χ1n) is 37.3. The summed E-state index contributed by atoms with van der Waals surface area (Å²) in [6, 6.07) is 0. The number of rotatable bonds is 61. The van der Waals surface area contributed by atoms with Gasteiger partial charge in [-0.05, 0) is 63.5 Å². The Hall–Kier alpha value is 0.280. The minimum Gasteiger partial charge on any atom is -0.200 e. The molecule has 0 fully saturated rings. The number of halogens is 80. The first-order chi connectivity index (χ1) is 62.9. The molecule has 0 rings (SSSR count). The minimum atomic E-state index is -7.77. The quantitative estimate of drug-likeness (QED) is 0.0187. The topological polar surface area (TPSA) is 0 Å². The molecule has 146 heavy (non-hydrogen) atoms. The van der Waals surface area contributed by atoms with Crippen molar-refractivity contribution in [2.24, 2.45) is 0 Å². The highest BCUT2D eigenvalue weighted by Gasteiger charge is 2.97. The second-order valence-corrected chi connectivity index (χ2v) is 42.2. The molecule has 0 aliphatic rings. The van der Waals surface area contributed by atoms with Crippen LogP contribution >= 0.6 is 181 Å². The van der Waals surface area contributed by atoms with E-state index in [0.717, 1.165) is 45.2 Å². The Labute approximate surface area is 877 Å². The number of alkyl halides is 80. The normalized spacial score (nSPS) is 16.6. The van der Waals surface area contributed by atoms with Crippen molar-refractivity contribution in [3.8, 4) is 0 Å². The van der Waals surface area contributed by atoms with Crippen LogP contribution in [0.3, 0.4) is 0 Å². The van der Waals surface area contributed by atoms with Crippen LogP contribution in [0.2, 0.25) is 0 Å². The van der Waals surface area contributed by atoms with Crippen LogP contribution in [0.15, 0.2) is 24.3 Å². The van der Waals surface area contributed by atoms with E-state index in [0.29, 0.717) is 0 Å². The van der Waals surface area contributed by atoms with Crippen LogP contribution in [-0.2, 0) is 0 Å². The average Bonchev–Trinajstić information content (AvgIpc) is 0.728. The summed E-state index contributed by atoms with van der Waals surface area (Å²) in [5.41, 5.74) is 0. The highest BCUT2D eigenvalue weighted by Crippen LogP contribution is 2.70. The highest BCUT2D eigenvalue weighted by atomic mass is 127. The fourth-order valence-corrected chi connectivity index (χ4v) is 14.5. The molecular formula is C66H54F72I8. The summed E-state index contributed by atoms with van der Waals surface area (Å²) in [6.45, 7) is 0. The van der Waals surface area contributed by atoms with Gasteiger partial charge in [-0.15, -0.1) is 0 Å². The summed E-state index contributed by atoms with van der Waals surface area (Å²) in [6.07, 6.45) is -22.1. The number of unbranched alkanes of at least 4 members (excludes halogenated alkanes) is 15. The third-order valence-electron chi connectivity index (χ3n) is 19.5. The van der Waals surface area contributed by atoms with E-state index in [2.05, 4.69) is 0 Å². The molecule has 2 unspecified atom stereocenters. The van der Waals surface area contributed by atoms with Crippen molar-refractivity contribution >= 4 is 181 Å². The molecule has 0 N–H and O–H groups in total. The van der Waals surface area contributed by atoms with Gasteiger partial charge < -0.3 is 0 Å². The molecule has 0 heterocycles. The number of hydrogen-bond acceptors (Lipinski definition) is 0. The van der Waals surface area contributed by atoms with Crippen molar-refractivity contribution in [2.45, 2.75) is 363 Å². The Bertz CT molecular complexity index is 3840. The van der Waals surface area contributed by atoms with Crippen LogP contribution in [0.5, 0.6) is 0 Å². The van der Waals surface area contributed by atoms with E-state index in [4.69, 9.17) is 0 Å². The van der Waals surface area contributed by atoms with Crippen LogP contribution in [0.4, 0.5) is 316 Å². The standard InChI is InChI=1S/C22H18F24I4.C22H20F24I2.C22H16F24I2/c23-11(24,13(27,28)15(31,32)17(35,36)19(39,40)21(43,44)49)7-9(47)5-3-1-2-4-6-10(48)8-12(25,26)14(29,30)16(33,34)18(37,38)20(41,42)22(45,46)50;2*23-11(24,13(27,28)15(31,32)17(35,36)19(39,40)21(43,44)47)9-7-5-3-1-2-4-6-8-10-12(25,26)14(29,30)16(33,34)18(37,38)20(41,42)22(45,46)48/h9-10H,1-8H2;1-10H2;7-10H,1-6H2/b;;9-7+,10-8+. The highest BCUT2D eigenvalue weighted by molar-refractivity contribution is 14.1. The van der Waals surface area contributed by atoms with Crippen molar-refractivity contribution in [3.63, 3.8) is 0 Å². The van der Waals surface area contributed by atoms with E-state index in [1.54, 1.807) is 0 Å². The van der Waals surface area contributed by atoms with Gasteiger partial charge in [0, 0.05) is 169 Å². The maximum atomic E-state index is 14.1. The van der Waals surface area contributed by atoms with E-state index in [1.165, 1.54) is 0 Å². The molecule has 0 saturated heterocycles. The Kier molecular flexibility index (Phi) is 49.7.